The molecule has 0 unspecified atom stereocenters. The van der Waals surface area contributed by atoms with Crippen LogP contribution in [-0.2, 0) is 13.0 Å². The van der Waals surface area contributed by atoms with E-state index in [0.29, 0.717) is 65.2 Å². The smallest absolute Gasteiger partial charge is 0.263 e. The normalized spacial score (nSPS) is 13.0. The number of rotatable bonds is 7. The second-order valence-electron chi connectivity index (χ2n) is 11.0. The number of anilines is 1. The van der Waals surface area contributed by atoms with Crippen LogP contribution in [0, 0.1) is 5.41 Å². The second kappa shape index (κ2) is 11.0. The molecule has 0 saturated carbocycles. The van der Waals surface area contributed by atoms with Crippen LogP contribution >= 0.6 is 0 Å². The molecule has 1 aliphatic rings. The first kappa shape index (κ1) is 27.8. The van der Waals surface area contributed by atoms with Crippen LogP contribution < -0.4 is 25.1 Å². The van der Waals surface area contributed by atoms with E-state index in [1.807, 2.05) is 20.8 Å². The number of pyridine rings is 2. The van der Waals surface area contributed by atoms with Gasteiger partial charge in [-0.25, -0.2) is 15.0 Å². The maximum absolute atomic E-state index is 13.4. The Morgan fingerprint density at radius 3 is 2.44 bits per heavy atom. The molecule has 1 N–H and O–H groups in total. The van der Waals surface area contributed by atoms with Gasteiger partial charge in [-0.1, -0.05) is 20.8 Å². The number of Topliss-reactive ketones (excluding diaryl/α,β-unsaturated/α-hetero) is 1. The Bertz CT molecular complexity index is 1710. The minimum Gasteiger partial charge on any atom is -0.493 e. The summed E-state index contributed by atoms with van der Waals surface area (Å²) in [6.45, 7) is 6.42. The van der Waals surface area contributed by atoms with Crippen molar-refractivity contribution in [2.75, 3.05) is 19.5 Å². The summed E-state index contributed by atoms with van der Waals surface area (Å²) in [5.41, 5.74) is 0.997. The highest BCUT2D eigenvalue weighted by molar-refractivity contribution is 6.06. The molecule has 3 aromatic heterocycles. The average molecular weight is 558 g/mol. The molecule has 1 aromatic carbocycles. The topological polar surface area (TPSA) is 135 Å². The number of carbonyl (C=O) groups is 2. The number of methoxy groups -OCH3 is 2. The van der Waals surface area contributed by atoms with Gasteiger partial charge in [0.2, 0.25) is 5.88 Å². The largest absolute Gasteiger partial charge is 0.493 e. The molecule has 0 radical (unpaired) electrons. The van der Waals surface area contributed by atoms with E-state index >= 15 is 0 Å². The summed E-state index contributed by atoms with van der Waals surface area (Å²) in [6.07, 6.45) is 4.51. The number of hydrogen-bond acceptors (Lipinski definition) is 9. The predicted octanol–water partition coefficient (Wildman–Crippen LogP) is 4.81. The van der Waals surface area contributed by atoms with Crippen LogP contribution in [0.5, 0.6) is 23.1 Å². The monoisotopic (exact) mass is 557 g/mol. The number of nitrogens with zero attached hydrogens (tertiary/aromatic N) is 4. The van der Waals surface area contributed by atoms with Gasteiger partial charge < -0.3 is 24.1 Å². The van der Waals surface area contributed by atoms with Crippen molar-refractivity contribution in [3.63, 3.8) is 0 Å². The summed E-state index contributed by atoms with van der Waals surface area (Å²) in [6, 6.07) is 8.04. The van der Waals surface area contributed by atoms with Crippen LogP contribution in [0.4, 0.5) is 5.82 Å². The van der Waals surface area contributed by atoms with E-state index in [4.69, 9.17) is 14.2 Å². The quantitative estimate of drug-likeness (QED) is 0.339. The molecule has 0 aliphatic heterocycles. The Balaban J connectivity index is 1.39. The van der Waals surface area contributed by atoms with Crippen molar-refractivity contribution in [3.05, 3.63) is 70.0 Å². The molecule has 11 heteroatoms. The third kappa shape index (κ3) is 5.74. The van der Waals surface area contributed by atoms with Gasteiger partial charge in [0.15, 0.2) is 17.3 Å². The van der Waals surface area contributed by atoms with E-state index in [1.54, 1.807) is 35.9 Å². The highest BCUT2D eigenvalue weighted by Gasteiger charge is 2.27. The maximum atomic E-state index is 13.4. The Morgan fingerprint density at radius 1 is 1.00 bits per heavy atom. The fraction of sp³-hybridized carbons (Fsp3) is 0.333. The maximum Gasteiger partial charge on any atom is 0.263 e. The number of carbonyl (C=O) groups excluding carboxylic acids is 2. The van der Waals surface area contributed by atoms with Crippen molar-refractivity contribution in [2.24, 2.45) is 5.41 Å². The molecule has 11 nitrogen and oxygen atoms in total. The molecule has 0 atom stereocenters. The third-order valence-electron chi connectivity index (χ3n) is 6.69. The zero-order chi connectivity index (χ0) is 29.3. The number of nitrogens with one attached hydrogen (secondary N) is 1. The number of aromatic nitrogens is 4. The van der Waals surface area contributed by atoms with Crippen molar-refractivity contribution in [3.8, 4) is 23.1 Å². The molecular formula is C30H31N5O6. The average Bonchev–Trinajstić information content (AvgIpc) is 2.94. The number of ether oxygens (including phenoxy) is 3. The third-order valence-corrected chi connectivity index (χ3v) is 6.69. The first-order valence-electron chi connectivity index (χ1n) is 13.2. The summed E-state index contributed by atoms with van der Waals surface area (Å²) >= 11 is 0. The predicted molar refractivity (Wildman–Crippen MR) is 152 cm³/mol. The Hall–Kier alpha value is -4.80. The van der Waals surface area contributed by atoms with Crippen LogP contribution in [0.25, 0.3) is 10.9 Å². The SMILES string of the molecule is COc1cc2ncnc(Oc3ccc(NC(=O)c4cc5c(n(CC(C)(C)C)c4=O)CCCC5=O)nc3)c2cc1OC. The van der Waals surface area contributed by atoms with Crippen molar-refractivity contribution in [1.29, 1.82) is 0 Å². The van der Waals surface area contributed by atoms with Crippen molar-refractivity contribution in [1.82, 2.24) is 19.5 Å². The summed E-state index contributed by atoms with van der Waals surface area (Å²) in [7, 11) is 3.08. The lowest BCUT2D eigenvalue weighted by Gasteiger charge is -2.26. The number of fused-ring (bicyclic) bond motifs is 2. The first-order chi connectivity index (χ1) is 19.6. The molecular weight excluding hydrogens is 526 g/mol. The number of hydrogen-bond donors (Lipinski definition) is 1. The summed E-state index contributed by atoms with van der Waals surface area (Å²) < 4.78 is 18.3. The molecule has 1 aliphatic carbocycles. The van der Waals surface area contributed by atoms with Gasteiger partial charge in [-0.05, 0) is 42.5 Å². The van der Waals surface area contributed by atoms with E-state index in [-0.39, 0.29) is 28.5 Å². The summed E-state index contributed by atoms with van der Waals surface area (Å²) in [5, 5.41) is 3.28. The lowest BCUT2D eigenvalue weighted by molar-refractivity contribution is 0.0969. The van der Waals surface area contributed by atoms with Gasteiger partial charge in [0.25, 0.3) is 11.5 Å². The minimum absolute atomic E-state index is 0.0594. The van der Waals surface area contributed by atoms with E-state index in [2.05, 4.69) is 20.3 Å². The van der Waals surface area contributed by atoms with Crippen LogP contribution in [0.2, 0.25) is 0 Å². The van der Waals surface area contributed by atoms with Gasteiger partial charge in [0.1, 0.15) is 23.5 Å². The number of amides is 1. The lowest BCUT2D eigenvalue weighted by Crippen LogP contribution is -2.37. The van der Waals surface area contributed by atoms with Gasteiger partial charge in [-0.15, -0.1) is 0 Å². The zero-order valence-corrected chi connectivity index (χ0v) is 23.6. The Morgan fingerprint density at radius 2 is 1.76 bits per heavy atom. The van der Waals surface area contributed by atoms with Gasteiger partial charge in [-0.3, -0.25) is 14.4 Å². The number of benzene rings is 1. The van der Waals surface area contributed by atoms with Gasteiger partial charge in [0, 0.05) is 30.3 Å². The fourth-order valence-electron chi connectivity index (χ4n) is 4.82. The molecule has 41 heavy (non-hydrogen) atoms. The Labute approximate surface area is 236 Å². The van der Waals surface area contributed by atoms with Crippen molar-refractivity contribution in [2.45, 2.75) is 46.6 Å². The number of ketones is 1. The molecule has 0 saturated heterocycles. The van der Waals surface area contributed by atoms with Gasteiger partial charge in [-0.2, -0.15) is 0 Å². The van der Waals surface area contributed by atoms with Crippen molar-refractivity contribution < 1.29 is 23.8 Å². The standard InChI is InChI=1S/C30H31N5O6/c1-30(2,3)15-35-22-7-6-8-23(36)19(22)11-20(29(35)38)27(37)34-26-10-9-17(14-31-26)41-28-18-12-24(39-4)25(40-5)13-21(18)32-16-33-28/h9-14,16H,6-8,15H2,1-5H3,(H,31,34,37). The molecule has 212 valence electrons. The Kier molecular flexibility index (Phi) is 7.44. The fourth-order valence-corrected chi connectivity index (χ4v) is 4.82. The lowest BCUT2D eigenvalue weighted by atomic mass is 9.91. The van der Waals surface area contributed by atoms with Crippen molar-refractivity contribution >= 4 is 28.4 Å². The van der Waals surface area contributed by atoms with Crippen LogP contribution in [-0.4, -0.2) is 45.4 Å². The van der Waals surface area contributed by atoms with E-state index in [1.165, 1.54) is 25.7 Å². The highest BCUT2D eigenvalue weighted by Crippen LogP contribution is 2.35. The van der Waals surface area contributed by atoms with E-state index in [0.717, 1.165) is 0 Å². The molecule has 0 fully saturated rings. The first-order valence-corrected chi connectivity index (χ1v) is 13.2. The molecule has 3 heterocycles. The molecule has 1 amide bonds. The van der Waals surface area contributed by atoms with Gasteiger partial charge in [0.05, 0.1) is 31.3 Å². The highest BCUT2D eigenvalue weighted by atomic mass is 16.5. The molecule has 4 aromatic rings. The molecule has 5 rings (SSSR count). The molecule has 0 bridgehead atoms. The molecule has 0 spiro atoms. The van der Waals surface area contributed by atoms with Crippen LogP contribution in [0.15, 0.2) is 47.7 Å². The minimum atomic E-state index is -0.636. The van der Waals surface area contributed by atoms with E-state index in [9.17, 15) is 14.4 Å². The second-order valence-corrected chi connectivity index (χ2v) is 11.0. The summed E-state index contributed by atoms with van der Waals surface area (Å²) in [4.78, 5) is 52.1. The van der Waals surface area contributed by atoms with Crippen LogP contribution in [0.3, 0.4) is 0 Å². The van der Waals surface area contributed by atoms with E-state index < -0.39 is 11.5 Å². The van der Waals surface area contributed by atoms with Gasteiger partial charge >= 0.3 is 0 Å². The summed E-state index contributed by atoms with van der Waals surface area (Å²) in [5.74, 6) is 1.20. The zero-order valence-electron chi connectivity index (χ0n) is 23.6. The van der Waals surface area contributed by atoms with Crippen LogP contribution in [0.1, 0.15) is 60.0 Å².